The third-order valence-electron chi connectivity index (χ3n) is 4.52. The molecule has 10 nitrogen and oxygen atoms in total. The fraction of sp³-hybridized carbons (Fsp3) is 0.400. The Morgan fingerprint density at radius 3 is 2.79 bits per heavy atom. The van der Waals surface area contributed by atoms with Crippen LogP contribution in [-0.4, -0.2) is 57.0 Å². The first-order valence-electron chi connectivity index (χ1n) is 9.85. The number of carboxylic acids is 1. The average molecular weight is 469 g/mol. The molecule has 1 unspecified atom stereocenters. The van der Waals surface area contributed by atoms with Crippen LogP contribution in [0.3, 0.4) is 0 Å². The Balaban J connectivity index is 0.000000383. The number of carboxylic acid groups (broad SMARTS) is 1. The van der Waals surface area contributed by atoms with Crippen LogP contribution >= 0.6 is 0 Å². The van der Waals surface area contributed by atoms with E-state index in [0.717, 1.165) is 35.4 Å². The standard InChI is InChI=1S/C18H21N5O3.C2HF3O2/c1-13-9-14(22-26-13)11-23-6-8-24-12-16(23)18-19-5-4-17(21-18)20-10-15-3-2-7-25-15;3-2(4,5)1(6)7/h2-5,7,9,16H,6,8,10-12H2,1H3,(H,19,20,21);(H,6,7). The van der Waals surface area contributed by atoms with E-state index in [1.807, 2.05) is 31.2 Å². The van der Waals surface area contributed by atoms with Gasteiger partial charge in [0.1, 0.15) is 23.2 Å². The molecule has 4 heterocycles. The molecule has 178 valence electrons. The van der Waals surface area contributed by atoms with Gasteiger partial charge in [0.25, 0.3) is 0 Å². The lowest BCUT2D eigenvalue weighted by Crippen LogP contribution is -2.40. The summed E-state index contributed by atoms with van der Waals surface area (Å²) in [7, 11) is 0. The molecular formula is C20H22F3N5O5. The van der Waals surface area contributed by atoms with Gasteiger partial charge in [-0.1, -0.05) is 5.16 Å². The number of halogens is 3. The van der Waals surface area contributed by atoms with Gasteiger partial charge in [-0.2, -0.15) is 13.2 Å². The van der Waals surface area contributed by atoms with Crippen LogP contribution in [0.2, 0.25) is 0 Å². The zero-order valence-electron chi connectivity index (χ0n) is 17.6. The lowest BCUT2D eigenvalue weighted by Gasteiger charge is -2.33. The number of morpholine rings is 1. The summed E-state index contributed by atoms with van der Waals surface area (Å²) in [5.41, 5.74) is 0.904. The predicted molar refractivity (Wildman–Crippen MR) is 107 cm³/mol. The van der Waals surface area contributed by atoms with Crippen molar-refractivity contribution in [1.29, 1.82) is 0 Å². The molecule has 13 heteroatoms. The Hall–Kier alpha value is -3.45. The van der Waals surface area contributed by atoms with Crippen LogP contribution in [0.15, 0.2) is 45.7 Å². The quantitative estimate of drug-likeness (QED) is 0.556. The number of carbonyl (C=O) groups is 1. The molecule has 0 aromatic carbocycles. The molecule has 0 spiro atoms. The second-order valence-electron chi connectivity index (χ2n) is 7.03. The van der Waals surface area contributed by atoms with Gasteiger partial charge in [-0.3, -0.25) is 4.90 Å². The van der Waals surface area contributed by atoms with Crippen LogP contribution in [0, 0.1) is 6.92 Å². The molecule has 1 fully saturated rings. The van der Waals surface area contributed by atoms with Gasteiger partial charge in [-0.05, 0) is 25.1 Å². The van der Waals surface area contributed by atoms with Crippen molar-refractivity contribution in [1.82, 2.24) is 20.0 Å². The van der Waals surface area contributed by atoms with Crippen molar-refractivity contribution in [2.45, 2.75) is 32.2 Å². The third kappa shape index (κ3) is 7.29. The lowest BCUT2D eigenvalue weighted by atomic mass is 10.2. The molecular weight excluding hydrogens is 447 g/mol. The Kier molecular flexibility index (Phi) is 8.01. The maximum atomic E-state index is 10.6. The van der Waals surface area contributed by atoms with E-state index in [1.165, 1.54) is 0 Å². The summed E-state index contributed by atoms with van der Waals surface area (Å²) in [4.78, 5) is 20.3. The van der Waals surface area contributed by atoms with Gasteiger partial charge in [0.2, 0.25) is 0 Å². The summed E-state index contributed by atoms with van der Waals surface area (Å²) in [5, 5.41) is 14.5. The molecule has 0 amide bonds. The average Bonchev–Trinajstić information content (AvgIpc) is 3.44. The summed E-state index contributed by atoms with van der Waals surface area (Å²) < 4.78 is 47.9. The number of nitrogens with one attached hydrogen (secondary N) is 1. The molecule has 0 aliphatic carbocycles. The largest absolute Gasteiger partial charge is 0.490 e. The molecule has 0 bridgehead atoms. The number of aliphatic carboxylic acids is 1. The van der Waals surface area contributed by atoms with Gasteiger partial charge >= 0.3 is 12.1 Å². The Bertz CT molecular complexity index is 1030. The maximum absolute atomic E-state index is 10.6. The zero-order chi connectivity index (χ0) is 23.8. The predicted octanol–water partition coefficient (Wildman–Crippen LogP) is 3.18. The highest BCUT2D eigenvalue weighted by atomic mass is 19.4. The van der Waals surface area contributed by atoms with E-state index in [4.69, 9.17) is 23.6 Å². The first-order chi connectivity index (χ1) is 15.7. The van der Waals surface area contributed by atoms with Crippen LogP contribution in [0.1, 0.15) is 29.1 Å². The zero-order valence-corrected chi connectivity index (χ0v) is 17.6. The summed E-state index contributed by atoms with van der Waals surface area (Å²) in [5.74, 6) is 0.399. The Labute approximate surface area is 186 Å². The van der Waals surface area contributed by atoms with Crippen molar-refractivity contribution < 1.29 is 36.7 Å². The minimum Gasteiger partial charge on any atom is -0.475 e. The molecule has 3 aromatic rings. The number of rotatable bonds is 6. The highest BCUT2D eigenvalue weighted by molar-refractivity contribution is 5.73. The number of furan rings is 1. The summed E-state index contributed by atoms with van der Waals surface area (Å²) in [6.07, 6.45) is -1.66. The van der Waals surface area contributed by atoms with E-state index in [-0.39, 0.29) is 6.04 Å². The molecule has 1 saturated heterocycles. The molecule has 1 aliphatic rings. The molecule has 1 atom stereocenters. The van der Waals surface area contributed by atoms with Gasteiger partial charge in [-0.25, -0.2) is 14.8 Å². The highest BCUT2D eigenvalue weighted by Crippen LogP contribution is 2.24. The molecule has 3 aromatic heterocycles. The number of aryl methyl sites for hydroxylation is 1. The van der Waals surface area contributed by atoms with E-state index >= 15 is 0 Å². The minimum absolute atomic E-state index is 0.0221. The minimum atomic E-state index is -5.08. The topological polar surface area (TPSA) is 127 Å². The van der Waals surface area contributed by atoms with Gasteiger partial charge in [-0.15, -0.1) is 0 Å². The van der Waals surface area contributed by atoms with Gasteiger partial charge in [0, 0.05) is 25.4 Å². The van der Waals surface area contributed by atoms with Crippen molar-refractivity contribution in [3.05, 3.63) is 59.8 Å². The molecule has 2 N–H and O–H groups in total. The number of alkyl halides is 3. The van der Waals surface area contributed by atoms with Crippen LogP contribution in [0.25, 0.3) is 0 Å². The van der Waals surface area contributed by atoms with Crippen LogP contribution in [0.4, 0.5) is 19.0 Å². The van der Waals surface area contributed by atoms with Gasteiger partial charge < -0.3 is 24.1 Å². The summed E-state index contributed by atoms with van der Waals surface area (Å²) >= 11 is 0. The molecule has 0 radical (unpaired) electrons. The third-order valence-corrected chi connectivity index (χ3v) is 4.52. The second kappa shape index (κ2) is 10.9. The normalized spacial score (nSPS) is 16.7. The van der Waals surface area contributed by atoms with Crippen molar-refractivity contribution in [3.63, 3.8) is 0 Å². The van der Waals surface area contributed by atoms with Crippen LogP contribution < -0.4 is 5.32 Å². The number of hydrogen-bond acceptors (Lipinski definition) is 9. The Morgan fingerprint density at radius 2 is 2.15 bits per heavy atom. The SMILES string of the molecule is Cc1cc(CN2CCOCC2c2nccc(NCc3ccco3)n2)no1.O=C(O)C(F)(F)F. The van der Waals surface area contributed by atoms with Crippen molar-refractivity contribution >= 4 is 11.8 Å². The lowest BCUT2D eigenvalue weighted by molar-refractivity contribution is -0.192. The molecule has 33 heavy (non-hydrogen) atoms. The van der Waals surface area contributed by atoms with E-state index in [9.17, 15) is 13.2 Å². The van der Waals surface area contributed by atoms with Crippen LogP contribution in [0.5, 0.6) is 0 Å². The van der Waals surface area contributed by atoms with Gasteiger partial charge in [0.05, 0.1) is 37.8 Å². The van der Waals surface area contributed by atoms with Crippen molar-refractivity contribution in [2.24, 2.45) is 0 Å². The second-order valence-corrected chi connectivity index (χ2v) is 7.03. The molecule has 0 saturated carbocycles. The van der Waals surface area contributed by atoms with Crippen LogP contribution in [-0.2, 0) is 22.6 Å². The van der Waals surface area contributed by atoms with E-state index in [1.54, 1.807) is 12.5 Å². The Morgan fingerprint density at radius 1 is 1.36 bits per heavy atom. The van der Waals surface area contributed by atoms with E-state index in [0.29, 0.717) is 26.3 Å². The maximum Gasteiger partial charge on any atom is 0.490 e. The molecule has 1 aliphatic heterocycles. The first kappa shape index (κ1) is 24.2. The summed E-state index contributed by atoms with van der Waals surface area (Å²) in [6, 6.07) is 7.57. The van der Waals surface area contributed by atoms with E-state index in [2.05, 4.69) is 25.3 Å². The number of nitrogens with zero attached hydrogens (tertiary/aromatic N) is 4. The van der Waals surface area contributed by atoms with Gasteiger partial charge in [0.15, 0.2) is 0 Å². The molecule has 4 rings (SSSR count). The van der Waals surface area contributed by atoms with E-state index < -0.39 is 12.1 Å². The van der Waals surface area contributed by atoms with Crippen molar-refractivity contribution in [2.75, 3.05) is 25.1 Å². The fourth-order valence-corrected chi connectivity index (χ4v) is 2.99. The number of hydrogen-bond donors (Lipinski definition) is 2. The first-order valence-corrected chi connectivity index (χ1v) is 9.85. The number of ether oxygens (including phenoxy) is 1. The fourth-order valence-electron chi connectivity index (χ4n) is 2.99. The summed E-state index contributed by atoms with van der Waals surface area (Å²) in [6.45, 7) is 5.18. The number of anilines is 1. The van der Waals surface area contributed by atoms with Crippen molar-refractivity contribution in [3.8, 4) is 0 Å². The highest BCUT2D eigenvalue weighted by Gasteiger charge is 2.38. The smallest absolute Gasteiger partial charge is 0.475 e. The monoisotopic (exact) mass is 469 g/mol. The number of aromatic nitrogens is 3.